The summed E-state index contributed by atoms with van der Waals surface area (Å²) in [5, 5.41) is 21.4. The fraction of sp³-hybridized carbons (Fsp3) is 0.600. The molecule has 0 aliphatic rings. The predicted octanol–water partition coefficient (Wildman–Crippen LogP) is 5.41. The maximum atomic E-state index is 11.1. The van der Waals surface area contributed by atoms with Gasteiger partial charge in [0.25, 0.3) is 0 Å². The number of aromatic carboxylic acids is 2. The average molecular weight is 349 g/mol. The Morgan fingerprint density at radius 3 is 1.84 bits per heavy atom. The molecule has 0 saturated carbocycles. The van der Waals surface area contributed by atoms with E-state index in [1.807, 2.05) is 6.92 Å². The minimum Gasteiger partial charge on any atom is -0.478 e. The normalized spacial score (nSPS) is 11.9. The Morgan fingerprint density at radius 2 is 1.36 bits per heavy atom. The molecule has 0 radical (unpaired) electrons. The van der Waals surface area contributed by atoms with Crippen LogP contribution < -0.4 is 5.32 Å². The smallest absolute Gasteiger partial charge is 0.335 e. The second-order valence-electron chi connectivity index (χ2n) is 6.72. The standard InChI is InChI=1S/C20H31NO4/c1-3-4-5-6-7-8-9-10-11-15(2)21-18-13-16(19(22)23)12-17(14-18)20(24)25/h12-15,21H,3-11H2,1-2H3,(H,22,23)(H,24,25). The molecule has 0 saturated heterocycles. The molecule has 1 unspecified atom stereocenters. The summed E-state index contributed by atoms with van der Waals surface area (Å²) >= 11 is 0. The molecular weight excluding hydrogens is 318 g/mol. The van der Waals surface area contributed by atoms with E-state index in [-0.39, 0.29) is 17.2 Å². The van der Waals surface area contributed by atoms with Gasteiger partial charge in [0.2, 0.25) is 0 Å². The number of nitrogens with one attached hydrogen (secondary N) is 1. The van der Waals surface area contributed by atoms with Gasteiger partial charge in [-0.05, 0) is 31.5 Å². The van der Waals surface area contributed by atoms with Crippen LogP contribution in [0.2, 0.25) is 0 Å². The van der Waals surface area contributed by atoms with Crippen molar-refractivity contribution in [3.05, 3.63) is 29.3 Å². The summed E-state index contributed by atoms with van der Waals surface area (Å²) in [6.45, 7) is 4.26. The number of rotatable bonds is 13. The van der Waals surface area contributed by atoms with E-state index in [4.69, 9.17) is 10.2 Å². The first-order valence-corrected chi connectivity index (χ1v) is 9.32. The van der Waals surface area contributed by atoms with Crippen LogP contribution >= 0.6 is 0 Å². The minimum atomic E-state index is -1.12. The molecule has 0 spiro atoms. The number of benzene rings is 1. The number of hydrogen-bond acceptors (Lipinski definition) is 3. The molecule has 0 aliphatic carbocycles. The highest BCUT2D eigenvalue weighted by atomic mass is 16.4. The molecule has 0 amide bonds. The van der Waals surface area contributed by atoms with Crippen LogP contribution in [0.25, 0.3) is 0 Å². The SMILES string of the molecule is CCCCCCCCCCC(C)Nc1cc(C(=O)O)cc(C(=O)O)c1. The number of unbranched alkanes of at least 4 members (excludes halogenated alkanes) is 7. The van der Waals surface area contributed by atoms with E-state index in [1.165, 1.54) is 63.1 Å². The van der Waals surface area contributed by atoms with Crippen molar-refractivity contribution in [1.29, 1.82) is 0 Å². The van der Waals surface area contributed by atoms with Gasteiger partial charge in [0, 0.05) is 11.7 Å². The van der Waals surface area contributed by atoms with Crippen LogP contribution in [0.3, 0.4) is 0 Å². The predicted molar refractivity (Wildman–Crippen MR) is 101 cm³/mol. The van der Waals surface area contributed by atoms with Crippen LogP contribution in [0.5, 0.6) is 0 Å². The Hall–Kier alpha value is -2.04. The topological polar surface area (TPSA) is 86.6 Å². The average Bonchev–Trinajstić information content (AvgIpc) is 2.56. The summed E-state index contributed by atoms with van der Waals surface area (Å²) in [5.41, 5.74) is 0.521. The molecule has 0 fully saturated rings. The zero-order valence-electron chi connectivity index (χ0n) is 15.4. The van der Waals surface area contributed by atoms with Gasteiger partial charge < -0.3 is 15.5 Å². The summed E-state index contributed by atoms with van der Waals surface area (Å²) in [4.78, 5) is 22.3. The Balaban J connectivity index is 2.40. The summed E-state index contributed by atoms with van der Waals surface area (Å²) < 4.78 is 0. The molecule has 25 heavy (non-hydrogen) atoms. The van der Waals surface area contributed by atoms with Crippen molar-refractivity contribution in [3.63, 3.8) is 0 Å². The van der Waals surface area contributed by atoms with E-state index < -0.39 is 11.9 Å². The summed E-state index contributed by atoms with van der Waals surface area (Å²) in [7, 11) is 0. The second kappa shape index (κ2) is 11.5. The maximum Gasteiger partial charge on any atom is 0.335 e. The number of carboxylic acids is 2. The first-order chi connectivity index (χ1) is 11.9. The third-order valence-corrected chi connectivity index (χ3v) is 4.33. The lowest BCUT2D eigenvalue weighted by Gasteiger charge is -2.16. The number of carbonyl (C=O) groups is 2. The highest BCUT2D eigenvalue weighted by molar-refractivity contribution is 5.95. The largest absolute Gasteiger partial charge is 0.478 e. The van der Waals surface area contributed by atoms with Crippen molar-refractivity contribution >= 4 is 17.6 Å². The highest BCUT2D eigenvalue weighted by Crippen LogP contribution is 2.18. The van der Waals surface area contributed by atoms with Gasteiger partial charge in [-0.25, -0.2) is 9.59 Å². The van der Waals surface area contributed by atoms with Gasteiger partial charge in [-0.3, -0.25) is 0 Å². The molecule has 0 bridgehead atoms. The molecule has 1 aromatic carbocycles. The Kier molecular flexibility index (Phi) is 9.66. The fourth-order valence-corrected chi connectivity index (χ4v) is 2.90. The van der Waals surface area contributed by atoms with E-state index in [0.717, 1.165) is 12.8 Å². The van der Waals surface area contributed by atoms with Gasteiger partial charge >= 0.3 is 11.9 Å². The number of hydrogen-bond donors (Lipinski definition) is 3. The quantitative estimate of drug-likeness (QED) is 0.414. The molecule has 1 rings (SSSR count). The lowest BCUT2D eigenvalue weighted by molar-refractivity contribution is 0.0696. The summed E-state index contributed by atoms with van der Waals surface area (Å²) in [6, 6.07) is 4.32. The van der Waals surface area contributed by atoms with Gasteiger partial charge in [-0.1, -0.05) is 58.3 Å². The van der Waals surface area contributed by atoms with E-state index in [2.05, 4.69) is 12.2 Å². The van der Waals surface area contributed by atoms with Crippen LogP contribution in [0.1, 0.15) is 92.4 Å². The van der Waals surface area contributed by atoms with Crippen LogP contribution in [0.4, 0.5) is 5.69 Å². The van der Waals surface area contributed by atoms with Crippen LogP contribution in [0.15, 0.2) is 18.2 Å². The Morgan fingerprint density at radius 1 is 0.880 bits per heavy atom. The molecule has 5 heteroatoms. The van der Waals surface area contributed by atoms with Gasteiger partial charge in [0.05, 0.1) is 11.1 Å². The second-order valence-corrected chi connectivity index (χ2v) is 6.72. The van der Waals surface area contributed by atoms with Gasteiger partial charge in [-0.15, -0.1) is 0 Å². The summed E-state index contributed by atoms with van der Waals surface area (Å²) in [6.07, 6.45) is 11.1. The van der Waals surface area contributed by atoms with E-state index >= 15 is 0 Å². The molecule has 0 aliphatic heterocycles. The number of carboxylic acid groups (broad SMARTS) is 2. The summed E-state index contributed by atoms with van der Waals surface area (Å²) in [5.74, 6) is -2.25. The van der Waals surface area contributed by atoms with Crippen LogP contribution in [-0.2, 0) is 0 Å². The molecule has 5 nitrogen and oxygen atoms in total. The zero-order chi connectivity index (χ0) is 18.7. The van der Waals surface area contributed by atoms with Crippen molar-refractivity contribution in [2.75, 3.05) is 5.32 Å². The van der Waals surface area contributed by atoms with Gasteiger partial charge in [0.1, 0.15) is 0 Å². The Bertz CT molecular complexity index is 524. The van der Waals surface area contributed by atoms with E-state index in [0.29, 0.717) is 5.69 Å². The van der Waals surface area contributed by atoms with Crippen molar-refractivity contribution in [3.8, 4) is 0 Å². The van der Waals surface area contributed by atoms with Crippen molar-refractivity contribution in [1.82, 2.24) is 0 Å². The van der Waals surface area contributed by atoms with E-state index in [1.54, 1.807) is 0 Å². The van der Waals surface area contributed by atoms with Crippen molar-refractivity contribution < 1.29 is 19.8 Å². The lowest BCUT2D eigenvalue weighted by Crippen LogP contribution is -2.16. The fourth-order valence-electron chi connectivity index (χ4n) is 2.90. The monoisotopic (exact) mass is 349 g/mol. The molecule has 3 N–H and O–H groups in total. The zero-order valence-corrected chi connectivity index (χ0v) is 15.4. The third kappa shape index (κ3) is 8.57. The minimum absolute atomic E-state index is 0.0123. The van der Waals surface area contributed by atoms with Crippen LogP contribution in [-0.4, -0.2) is 28.2 Å². The third-order valence-electron chi connectivity index (χ3n) is 4.33. The van der Waals surface area contributed by atoms with E-state index in [9.17, 15) is 9.59 Å². The Labute approximate surface area is 150 Å². The molecule has 140 valence electrons. The van der Waals surface area contributed by atoms with Gasteiger partial charge in [-0.2, -0.15) is 0 Å². The molecular formula is C20H31NO4. The first-order valence-electron chi connectivity index (χ1n) is 9.32. The number of anilines is 1. The van der Waals surface area contributed by atoms with Crippen LogP contribution in [0, 0.1) is 0 Å². The maximum absolute atomic E-state index is 11.1. The first kappa shape index (κ1) is 21.0. The van der Waals surface area contributed by atoms with Crippen molar-refractivity contribution in [2.24, 2.45) is 0 Å². The molecule has 1 aromatic rings. The van der Waals surface area contributed by atoms with Crippen molar-refractivity contribution in [2.45, 2.75) is 77.7 Å². The molecule has 1 atom stereocenters. The molecule has 0 aromatic heterocycles. The van der Waals surface area contributed by atoms with Gasteiger partial charge in [0.15, 0.2) is 0 Å². The molecule has 0 heterocycles. The lowest BCUT2D eigenvalue weighted by atomic mass is 10.0. The highest BCUT2D eigenvalue weighted by Gasteiger charge is 2.12.